The third kappa shape index (κ3) is 3.97. The van der Waals surface area contributed by atoms with Crippen LogP contribution in [0.5, 0.6) is 0 Å². The molecule has 0 saturated carbocycles. The van der Waals surface area contributed by atoms with Gasteiger partial charge in [0, 0.05) is 18.3 Å². The van der Waals surface area contributed by atoms with Crippen LogP contribution in [0.2, 0.25) is 0 Å². The molecule has 1 aromatic rings. The van der Waals surface area contributed by atoms with Crippen molar-refractivity contribution in [2.24, 2.45) is 0 Å². The molecule has 0 aliphatic carbocycles. The minimum absolute atomic E-state index is 0.0786. The minimum atomic E-state index is -0.0786. The van der Waals surface area contributed by atoms with E-state index >= 15 is 0 Å². The monoisotopic (exact) mass is 227 g/mol. The van der Waals surface area contributed by atoms with Crippen LogP contribution in [0, 0.1) is 0 Å². The van der Waals surface area contributed by atoms with Gasteiger partial charge in [0.05, 0.1) is 5.69 Å². The summed E-state index contributed by atoms with van der Waals surface area (Å²) in [5.41, 5.74) is 0.984. The molecule has 0 spiro atoms. The zero-order chi connectivity index (χ0) is 11.3. The molecule has 1 heterocycles. The molecular formula is C10H17N3OS. The molecule has 0 fully saturated rings. The predicted octanol–water partition coefficient (Wildman–Crippen LogP) is 2.16. The first-order chi connectivity index (χ1) is 7.13. The average Bonchev–Trinajstić information content (AvgIpc) is 2.61. The van der Waals surface area contributed by atoms with Crippen LogP contribution in [0.4, 0.5) is 5.13 Å². The number of nitrogens with one attached hydrogen (secondary N) is 2. The Hall–Kier alpha value is -0.940. The molecule has 5 heteroatoms. The molecule has 15 heavy (non-hydrogen) atoms. The van der Waals surface area contributed by atoms with E-state index < -0.39 is 0 Å². The summed E-state index contributed by atoms with van der Waals surface area (Å²) in [6.07, 6.45) is 1.10. The van der Waals surface area contributed by atoms with E-state index in [1.54, 1.807) is 0 Å². The maximum Gasteiger partial charge on any atom is 0.223 e. The minimum Gasteiger partial charge on any atom is -0.309 e. The van der Waals surface area contributed by atoms with E-state index in [0.29, 0.717) is 5.13 Å². The van der Waals surface area contributed by atoms with Crippen molar-refractivity contribution < 1.29 is 4.79 Å². The van der Waals surface area contributed by atoms with E-state index in [4.69, 9.17) is 0 Å². The molecule has 0 saturated heterocycles. The number of aromatic nitrogens is 1. The summed E-state index contributed by atoms with van der Waals surface area (Å²) < 4.78 is 0. The van der Waals surface area contributed by atoms with Crippen LogP contribution in [0.25, 0.3) is 0 Å². The summed E-state index contributed by atoms with van der Waals surface area (Å²) in [4.78, 5) is 15.1. The Morgan fingerprint density at radius 2 is 2.40 bits per heavy atom. The highest BCUT2D eigenvalue weighted by molar-refractivity contribution is 7.13. The molecule has 1 atom stereocenters. The fourth-order valence-corrected chi connectivity index (χ4v) is 2.01. The smallest absolute Gasteiger partial charge is 0.223 e. The van der Waals surface area contributed by atoms with Crippen LogP contribution in [0.15, 0.2) is 5.38 Å². The summed E-state index contributed by atoms with van der Waals surface area (Å²) in [6, 6.07) is 0.240. The van der Waals surface area contributed by atoms with Crippen LogP contribution in [-0.2, 0) is 4.79 Å². The number of carbonyl (C=O) groups excluding carboxylic acids is 1. The molecule has 84 valence electrons. The normalized spacial score (nSPS) is 12.5. The number of hydrogen-bond donors (Lipinski definition) is 2. The number of amides is 1. The van der Waals surface area contributed by atoms with Crippen LogP contribution < -0.4 is 10.6 Å². The lowest BCUT2D eigenvalue weighted by atomic mass is 10.2. The number of nitrogens with zero attached hydrogens (tertiary/aromatic N) is 1. The maximum absolute atomic E-state index is 10.8. The fraction of sp³-hybridized carbons (Fsp3) is 0.600. The van der Waals surface area contributed by atoms with E-state index in [-0.39, 0.29) is 11.9 Å². The molecule has 4 nitrogen and oxygen atoms in total. The lowest BCUT2D eigenvalue weighted by Crippen LogP contribution is -2.19. The summed E-state index contributed by atoms with van der Waals surface area (Å²) in [7, 11) is 0. The van der Waals surface area contributed by atoms with Crippen LogP contribution in [-0.4, -0.2) is 17.4 Å². The van der Waals surface area contributed by atoms with Crippen LogP contribution in [0.1, 0.15) is 38.9 Å². The second kappa shape index (κ2) is 5.82. The second-order valence-electron chi connectivity index (χ2n) is 3.43. The molecular weight excluding hydrogens is 210 g/mol. The van der Waals surface area contributed by atoms with Gasteiger partial charge in [0.1, 0.15) is 0 Å². The van der Waals surface area contributed by atoms with Crippen molar-refractivity contribution >= 4 is 22.4 Å². The lowest BCUT2D eigenvalue weighted by molar-refractivity contribution is -0.114. The summed E-state index contributed by atoms with van der Waals surface area (Å²) in [6.45, 7) is 6.67. The van der Waals surface area contributed by atoms with Gasteiger partial charge in [0.2, 0.25) is 5.91 Å². The van der Waals surface area contributed by atoms with E-state index in [2.05, 4.69) is 29.5 Å². The van der Waals surface area contributed by atoms with Gasteiger partial charge in [-0.25, -0.2) is 4.98 Å². The highest BCUT2D eigenvalue weighted by Gasteiger charge is 2.09. The molecule has 1 unspecified atom stereocenters. The van der Waals surface area contributed by atoms with Gasteiger partial charge in [-0.05, 0) is 19.9 Å². The molecule has 1 aromatic heterocycles. The Labute approximate surface area is 94.1 Å². The first kappa shape index (κ1) is 12.1. The van der Waals surface area contributed by atoms with Gasteiger partial charge in [-0.3, -0.25) is 4.79 Å². The second-order valence-corrected chi connectivity index (χ2v) is 4.29. The standard InChI is InChI=1S/C10H17N3OS/c1-4-5-11-7(2)9-6-15-10(13-9)12-8(3)14/h6-7,11H,4-5H2,1-3H3,(H,12,13,14). The highest BCUT2D eigenvalue weighted by atomic mass is 32.1. The van der Waals surface area contributed by atoms with Gasteiger partial charge < -0.3 is 10.6 Å². The predicted molar refractivity (Wildman–Crippen MR) is 63.1 cm³/mol. The van der Waals surface area contributed by atoms with E-state index in [1.807, 2.05) is 5.38 Å². The topological polar surface area (TPSA) is 54.0 Å². The van der Waals surface area contributed by atoms with Gasteiger partial charge in [-0.2, -0.15) is 0 Å². The molecule has 2 N–H and O–H groups in total. The third-order valence-electron chi connectivity index (χ3n) is 1.95. The Kier molecular flexibility index (Phi) is 4.71. The quantitative estimate of drug-likeness (QED) is 0.810. The Balaban J connectivity index is 2.54. The van der Waals surface area contributed by atoms with Gasteiger partial charge in [-0.1, -0.05) is 6.92 Å². The Morgan fingerprint density at radius 1 is 1.67 bits per heavy atom. The largest absolute Gasteiger partial charge is 0.309 e. The molecule has 0 radical (unpaired) electrons. The first-order valence-corrected chi connectivity index (χ1v) is 5.97. The zero-order valence-corrected chi connectivity index (χ0v) is 10.1. The summed E-state index contributed by atoms with van der Waals surface area (Å²) >= 11 is 1.46. The number of rotatable bonds is 5. The molecule has 1 rings (SSSR count). The van der Waals surface area contributed by atoms with Crippen molar-refractivity contribution in [3.05, 3.63) is 11.1 Å². The van der Waals surface area contributed by atoms with Gasteiger partial charge in [0.25, 0.3) is 0 Å². The van der Waals surface area contributed by atoms with Crippen molar-refractivity contribution in [1.82, 2.24) is 10.3 Å². The number of hydrogen-bond acceptors (Lipinski definition) is 4. The first-order valence-electron chi connectivity index (χ1n) is 5.10. The average molecular weight is 227 g/mol. The highest BCUT2D eigenvalue weighted by Crippen LogP contribution is 2.20. The number of carbonyl (C=O) groups is 1. The zero-order valence-electron chi connectivity index (χ0n) is 9.33. The number of thiazole rings is 1. The summed E-state index contributed by atoms with van der Waals surface area (Å²) in [5.74, 6) is -0.0786. The van der Waals surface area contributed by atoms with Crippen LogP contribution in [0.3, 0.4) is 0 Å². The molecule has 0 aliphatic heterocycles. The van der Waals surface area contributed by atoms with Crippen molar-refractivity contribution in [3.8, 4) is 0 Å². The van der Waals surface area contributed by atoms with E-state index in [0.717, 1.165) is 18.7 Å². The molecule has 0 aliphatic rings. The Morgan fingerprint density at radius 3 is 3.00 bits per heavy atom. The van der Waals surface area contributed by atoms with Crippen molar-refractivity contribution in [2.45, 2.75) is 33.2 Å². The van der Waals surface area contributed by atoms with Crippen molar-refractivity contribution in [2.75, 3.05) is 11.9 Å². The summed E-state index contributed by atoms with van der Waals surface area (Å²) in [5, 5.41) is 8.66. The van der Waals surface area contributed by atoms with Gasteiger partial charge in [-0.15, -0.1) is 11.3 Å². The lowest BCUT2D eigenvalue weighted by Gasteiger charge is -2.09. The molecule has 0 aromatic carbocycles. The Bertz CT molecular complexity index is 324. The van der Waals surface area contributed by atoms with Crippen molar-refractivity contribution in [3.63, 3.8) is 0 Å². The third-order valence-corrected chi connectivity index (χ3v) is 2.73. The maximum atomic E-state index is 10.8. The van der Waals surface area contributed by atoms with E-state index in [1.165, 1.54) is 18.3 Å². The van der Waals surface area contributed by atoms with Crippen LogP contribution >= 0.6 is 11.3 Å². The fourth-order valence-electron chi connectivity index (χ4n) is 1.16. The molecule has 1 amide bonds. The van der Waals surface area contributed by atoms with Gasteiger partial charge in [0.15, 0.2) is 5.13 Å². The SMILES string of the molecule is CCCNC(C)c1csc(NC(C)=O)n1. The number of anilines is 1. The van der Waals surface area contributed by atoms with Crippen molar-refractivity contribution in [1.29, 1.82) is 0 Å². The van der Waals surface area contributed by atoms with E-state index in [9.17, 15) is 4.79 Å². The van der Waals surface area contributed by atoms with Gasteiger partial charge >= 0.3 is 0 Å². The molecule has 0 bridgehead atoms.